The Balaban J connectivity index is 2.04. The van der Waals surface area contributed by atoms with Gasteiger partial charge in [-0.3, -0.25) is 0 Å². The second-order valence-electron chi connectivity index (χ2n) is 5.36. The van der Waals surface area contributed by atoms with E-state index in [0.29, 0.717) is 24.9 Å². The highest BCUT2D eigenvalue weighted by atomic mass is 16.5. The van der Waals surface area contributed by atoms with E-state index >= 15 is 0 Å². The van der Waals surface area contributed by atoms with Gasteiger partial charge in [0.05, 0.1) is 13.2 Å². The minimum atomic E-state index is 0.126. The Morgan fingerprint density at radius 1 is 1.17 bits per heavy atom. The normalized spacial score (nSPS) is 11.3. The van der Waals surface area contributed by atoms with Gasteiger partial charge in [-0.15, -0.1) is 0 Å². The quantitative estimate of drug-likeness (QED) is 0.584. The lowest BCUT2D eigenvalue weighted by molar-refractivity contribution is 0.318. The van der Waals surface area contributed by atoms with Crippen LogP contribution in [-0.2, 0) is 6.54 Å². The van der Waals surface area contributed by atoms with Crippen LogP contribution in [0.25, 0.3) is 0 Å². The van der Waals surface area contributed by atoms with Crippen LogP contribution in [0, 0.1) is 13.8 Å². The molecule has 5 nitrogen and oxygen atoms in total. The molecule has 0 radical (unpaired) electrons. The van der Waals surface area contributed by atoms with Gasteiger partial charge in [0.1, 0.15) is 0 Å². The van der Waals surface area contributed by atoms with E-state index in [2.05, 4.69) is 24.2 Å². The van der Waals surface area contributed by atoms with E-state index in [1.807, 2.05) is 25.1 Å². The van der Waals surface area contributed by atoms with Crippen LogP contribution in [0.5, 0.6) is 11.5 Å². The zero-order chi connectivity index (χ0) is 16.8. The van der Waals surface area contributed by atoms with Crippen LogP contribution in [0.4, 0.5) is 5.69 Å². The summed E-state index contributed by atoms with van der Waals surface area (Å²) < 4.78 is 5.36. The number of aryl methyl sites for hydroxylation is 2. The zero-order valence-electron chi connectivity index (χ0n) is 13.8. The number of ether oxygens (including phenoxy) is 1. The summed E-state index contributed by atoms with van der Waals surface area (Å²) in [6, 6.07) is 11.2. The van der Waals surface area contributed by atoms with Crippen molar-refractivity contribution in [3.8, 4) is 11.5 Å². The molecule has 0 aromatic heterocycles. The molecule has 0 heterocycles. The van der Waals surface area contributed by atoms with E-state index in [9.17, 15) is 5.11 Å². The van der Waals surface area contributed by atoms with Gasteiger partial charge < -0.3 is 20.9 Å². The number of aromatic hydroxyl groups is 1. The predicted molar refractivity (Wildman–Crippen MR) is 94.1 cm³/mol. The number of phenols is 1. The third kappa shape index (κ3) is 4.64. The van der Waals surface area contributed by atoms with Crippen LogP contribution in [0.3, 0.4) is 0 Å². The molecule has 2 rings (SSSR count). The number of benzene rings is 2. The molecule has 0 aliphatic carbocycles. The summed E-state index contributed by atoms with van der Waals surface area (Å²) in [7, 11) is 0. The summed E-state index contributed by atoms with van der Waals surface area (Å²) in [5.41, 5.74) is 10.2. The third-order valence-corrected chi connectivity index (χ3v) is 3.54. The Morgan fingerprint density at radius 3 is 2.65 bits per heavy atom. The highest BCUT2D eigenvalue weighted by Crippen LogP contribution is 2.27. The first-order valence-corrected chi connectivity index (χ1v) is 7.58. The summed E-state index contributed by atoms with van der Waals surface area (Å²) in [4.78, 5) is 4.32. The number of aliphatic imine (C=N–C) groups is 1. The molecule has 23 heavy (non-hydrogen) atoms. The number of nitrogens with zero attached hydrogens (tertiary/aromatic N) is 1. The summed E-state index contributed by atoms with van der Waals surface area (Å²) in [6.07, 6.45) is 0. The number of anilines is 1. The molecule has 0 bridgehead atoms. The largest absolute Gasteiger partial charge is 0.504 e. The van der Waals surface area contributed by atoms with Crippen LogP contribution in [-0.4, -0.2) is 17.7 Å². The second-order valence-corrected chi connectivity index (χ2v) is 5.36. The fraction of sp³-hybridized carbons (Fsp3) is 0.278. The molecule has 0 fully saturated rings. The molecular weight excluding hydrogens is 290 g/mol. The number of nitrogens with two attached hydrogens (primary N) is 1. The Bertz CT molecular complexity index is 711. The van der Waals surface area contributed by atoms with Crippen LogP contribution in [0.2, 0.25) is 0 Å². The van der Waals surface area contributed by atoms with Crippen molar-refractivity contribution in [1.29, 1.82) is 0 Å². The standard InChI is InChI=1S/C18H23N3O2/c1-4-23-17-10-14(6-8-16(17)22)11-20-18(19)21-15-7-5-12(2)13(3)9-15/h5-10,22H,4,11H2,1-3H3,(H3,19,20,21). The first-order valence-electron chi connectivity index (χ1n) is 7.58. The smallest absolute Gasteiger partial charge is 0.193 e. The molecule has 0 unspecified atom stereocenters. The molecule has 0 aliphatic rings. The third-order valence-electron chi connectivity index (χ3n) is 3.54. The van der Waals surface area contributed by atoms with Crippen molar-refractivity contribution in [2.45, 2.75) is 27.3 Å². The molecule has 0 amide bonds. The lowest BCUT2D eigenvalue weighted by Crippen LogP contribution is -2.22. The van der Waals surface area contributed by atoms with Gasteiger partial charge in [-0.2, -0.15) is 0 Å². The molecule has 2 aromatic rings. The minimum absolute atomic E-state index is 0.126. The summed E-state index contributed by atoms with van der Waals surface area (Å²) in [6.45, 7) is 6.90. The van der Waals surface area contributed by atoms with Crippen molar-refractivity contribution in [1.82, 2.24) is 0 Å². The van der Waals surface area contributed by atoms with E-state index < -0.39 is 0 Å². The fourth-order valence-electron chi connectivity index (χ4n) is 2.11. The monoisotopic (exact) mass is 313 g/mol. The maximum Gasteiger partial charge on any atom is 0.193 e. The number of rotatable bonds is 5. The fourth-order valence-corrected chi connectivity index (χ4v) is 2.11. The van der Waals surface area contributed by atoms with Gasteiger partial charge in [-0.1, -0.05) is 12.1 Å². The Kier molecular flexibility index (Phi) is 5.46. The molecule has 0 aliphatic heterocycles. The molecule has 0 atom stereocenters. The summed E-state index contributed by atoms with van der Waals surface area (Å²) in [5.74, 6) is 0.931. The molecule has 5 heteroatoms. The molecule has 2 aromatic carbocycles. The summed E-state index contributed by atoms with van der Waals surface area (Å²) in [5, 5.41) is 12.8. The van der Waals surface area contributed by atoms with Crippen molar-refractivity contribution in [3.63, 3.8) is 0 Å². The van der Waals surface area contributed by atoms with Gasteiger partial charge in [-0.05, 0) is 61.7 Å². The lowest BCUT2D eigenvalue weighted by Gasteiger charge is -2.09. The van der Waals surface area contributed by atoms with Crippen molar-refractivity contribution in [2.75, 3.05) is 11.9 Å². The Labute approximate surface area is 136 Å². The maximum absolute atomic E-state index is 9.69. The van der Waals surface area contributed by atoms with Gasteiger partial charge in [-0.25, -0.2) is 4.99 Å². The van der Waals surface area contributed by atoms with E-state index in [4.69, 9.17) is 10.5 Å². The average molecular weight is 313 g/mol. The SMILES string of the molecule is CCOc1cc(CN=C(N)Nc2ccc(C)c(C)c2)ccc1O. The van der Waals surface area contributed by atoms with E-state index in [1.54, 1.807) is 18.2 Å². The van der Waals surface area contributed by atoms with Crippen molar-refractivity contribution in [2.24, 2.45) is 10.7 Å². The molecule has 0 saturated heterocycles. The van der Waals surface area contributed by atoms with Gasteiger partial charge in [0.15, 0.2) is 17.5 Å². The van der Waals surface area contributed by atoms with Crippen molar-refractivity contribution >= 4 is 11.6 Å². The van der Waals surface area contributed by atoms with Crippen LogP contribution >= 0.6 is 0 Å². The Morgan fingerprint density at radius 2 is 1.96 bits per heavy atom. The first kappa shape index (κ1) is 16.7. The highest BCUT2D eigenvalue weighted by Gasteiger charge is 2.04. The van der Waals surface area contributed by atoms with E-state index in [1.165, 1.54) is 11.1 Å². The molecule has 122 valence electrons. The van der Waals surface area contributed by atoms with Crippen molar-refractivity contribution in [3.05, 3.63) is 53.1 Å². The van der Waals surface area contributed by atoms with E-state index in [-0.39, 0.29) is 5.75 Å². The van der Waals surface area contributed by atoms with Gasteiger partial charge in [0, 0.05) is 5.69 Å². The zero-order valence-corrected chi connectivity index (χ0v) is 13.8. The summed E-state index contributed by atoms with van der Waals surface area (Å²) >= 11 is 0. The number of nitrogens with one attached hydrogen (secondary N) is 1. The molecule has 4 N–H and O–H groups in total. The highest BCUT2D eigenvalue weighted by molar-refractivity contribution is 5.92. The lowest BCUT2D eigenvalue weighted by atomic mass is 10.1. The van der Waals surface area contributed by atoms with Gasteiger partial charge in [0.25, 0.3) is 0 Å². The molecule has 0 saturated carbocycles. The van der Waals surface area contributed by atoms with Crippen LogP contribution in [0.15, 0.2) is 41.4 Å². The number of hydrogen-bond donors (Lipinski definition) is 3. The number of hydrogen-bond acceptors (Lipinski definition) is 3. The predicted octanol–water partition coefficient (Wildman–Crippen LogP) is 3.33. The first-order chi connectivity index (χ1) is 11.0. The average Bonchev–Trinajstić information content (AvgIpc) is 2.52. The molecular formula is C18H23N3O2. The van der Waals surface area contributed by atoms with Gasteiger partial charge in [0.2, 0.25) is 0 Å². The van der Waals surface area contributed by atoms with Crippen LogP contribution in [0.1, 0.15) is 23.6 Å². The van der Waals surface area contributed by atoms with Crippen LogP contribution < -0.4 is 15.8 Å². The van der Waals surface area contributed by atoms with Gasteiger partial charge >= 0.3 is 0 Å². The van der Waals surface area contributed by atoms with E-state index in [0.717, 1.165) is 11.3 Å². The number of guanidine groups is 1. The minimum Gasteiger partial charge on any atom is -0.504 e. The Hall–Kier alpha value is -2.69. The second kappa shape index (κ2) is 7.54. The molecule has 0 spiro atoms. The van der Waals surface area contributed by atoms with Crippen molar-refractivity contribution < 1.29 is 9.84 Å². The maximum atomic E-state index is 9.69. The topological polar surface area (TPSA) is 79.9 Å². The number of phenolic OH excluding ortho intramolecular Hbond substituents is 1.